The van der Waals surface area contributed by atoms with E-state index < -0.39 is 10.2 Å². The molecule has 0 aliphatic carbocycles. The second-order valence-corrected chi connectivity index (χ2v) is 1.19. The summed E-state index contributed by atoms with van der Waals surface area (Å²) in [6.07, 6.45) is 0. The van der Waals surface area contributed by atoms with Gasteiger partial charge in [0, 0.05) is 0 Å². The average molecular weight is 140 g/mol. The second kappa shape index (κ2) is 3.73. The number of hydrogen-bond acceptors (Lipinski definition) is 4. The van der Waals surface area contributed by atoms with Crippen LogP contribution < -0.4 is 65.4 Å². The van der Waals surface area contributed by atoms with Crippen LogP contribution in [0.4, 0.5) is 0 Å². The molecule has 0 saturated heterocycles. The normalized spacial score (nSPS) is 10.0. The maximum absolute atomic E-state index is 8.60. The van der Waals surface area contributed by atoms with E-state index >= 15 is 0 Å². The molecule has 0 aliphatic rings. The first kappa shape index (κ1) is 10.7. The molecule has 32 valence electrons. The van der Waals surface area contributed by atoms with Crippen molar-refractivity contribution in [1.29, 1.82) is 0 Å². The Bertz CT molecular complexity index is 23.0. The van der Waals surface area contributed by atoms with Gasteiger partial charge in [0.1, 0.15) is 0 Å². The molecule has 0 aromatic heterocycles. The van der Waals surface area contributed by atoms with Crippen LogP contribution in [0.2, 0.25) is 0 Å². The number of rotatable bonds is 0. The molecule has 0 aromatic carbocycles. The molecule has 0 unspecified atom stereocenters. The van der Waals surface area contributed by atoms with Gasteiger partial charge in [0.2, 0.25) is 0 Å². The summed E-state index contributed by atoms with van der Waals surface area (Å²) < 4.78 is 32.7. The Morgan fingerprint density at radius 1 is 1.17 bits per heavy atom. The standard InChI is InChI=1S/ClHO4.K/c2-1(3,4)5;/h(H,2,3,4,5);/q;+1. The molecule has 1 N–H and O–H groups in total. The Labute approximate surface area is 78.9 Å². The number of halogens is 1. The summed E-state index contributed by atoms with van der Waals surface area (Å²) in [6, 6.07) is 0. The van der Waals surface area contributed by atoms with Crippen molar-refractivity contribution in [2.75, 3.05) is 0 Å². The van der Waals surface area contributed by atoms with Gasteiger partial charge in [-0.1, -0.05) is 0 Å². The summed E-state index contributed by atoms with van der Waals surface area (Å²) in [6.45, 7) is 0. The van der Waals surface area contributed by atoms with Crippen LogP contribution in [0.3, 0.4) is 0 Å². The van der Waals surface area contributed by atoms with Crippen LogP contribution in [-0.4, -0.2) is 4.66 Å². The fourth-order valence-corrected chi connectivity index (χ4v) is 0. The molecule has 0 atom stereocenters. The Morgan fingerprint density at radius 2 is 1.17 bits per heavy atom. The third kappa shape index (κ3) is 42.0. The molecule has 0 radical (unpaired) electrons. The summed E-state index contributed by atoms with van der Waals surface area (Å²) in [5, 5.41) is 0. The molecule has 0 amide bonds. The molecule has 0 saturated carbocycles. The minimum Gasteiger partial charge on any atom is -0.183 e. The van der Waals surface area contributed by atoms with Gasteiger partial charge >= 0.3 is 51.4 Å². The van der Waals surface area contributed by atoms with Gasteiger partial charge in [-0.3, -0.25) is 0 Å². The molecule has 0 spiro atoms. The van der Waals surface area contributed by atoms with E-state index in [1.165, 1.54) is 0 Å². The van der Waals surface area contributed by atoms with E-state index in [0.717, 1.165) is 0 Å². The van der Waals surface area contributed by atoms with Crippen molar-refractivity contribution in [2.45, 2.75) is 0 Å². The van der Waals surface area contributed by atoms with E-state index in [4.69, 9.17) is 18.6 Å². The van der Waals surface area contributed by atoms with Crippen molar-refractivity contribution in [2.24, 2.45) is 0 Å². The third-order valence-corrected chi connectivity index (χ3v) is 0. The molecule has 0 rings (SSSR count). The fourth-order valence-electron chi connectivity index (χ4n) is 0. The van der Waals surface area contributed by atoms with Crippen LogP contribution in [0, 0.1) is 10.2 Å². The van der Waals surface area contributed by atoms with Crippen molar-refractivity contribution >= 4 is 0 Å². The zero-order chi connectivity index (χ0) is 4.50. The molecular weight excluding hydrogens is 139 g/mol. The van der Waals surface area contributed by atoms with Crippen molar-refractivity contribution in [3.05, 3.63) is 0 Å². The van der Waals surface area contributed by atoms with Crippen LogP contribution >= 0.6 is 0 Å². The molecule has 6 heavy (non-hydrogen) atoms. The van der Waals surface area contributed by atoms with Crippen LogP contribution in [-0.2, 0) is 0 Å². The smallest absolute Gasteiger partial charge is 0.183 e. The van der Waals surface area contributed by atoms with E-state index in [1.54, 1.807) is 0 Å². The largest absolute Gasteiger partial charge is 1.00 e. The van der Waals surface area contributed by atoms with Gasteiger partial charge in [0.25, 0.3) is 0 Å². The second-order valence-electron chi connectivity index (χ2n) is 0.396. The van der Waals surface area contributed by atoms with Gasteiger partial charge in [-0.25, -0.2) is 0 Å². The van der Waals surface area contributed by atoms with Crippen molar-refractivity contribution in [1.82, 2.24) is 0 Å². The Hall–Kier alpha value is 1.77. The molecule has 0 heterocycles. The molecule has 0 aromatic rings. The topological polar surface area (TPSA) is 89.4 Å². The fraction of sp³-hybridized carbons (Fsp3) is 0. The molecule has 0 fully saturated rings. The molecule has 4 nitrogen and oxygen atoms in total. The maximum Gasteiger partial charge on any atom is 1.00 e. The van der Waals surface area contributed by atoms with Crippen LogP contribution in [0.15, 0.2) is 0 Å². The first-order valence-electron chi connectivity index (χ1n) is 0.632. The molecule has 0 aliphatic heterocycles. The van der Waals surface area contributed by atoms with Gasteiger partial charge < -0.3 is 0 Å². The van der Waals surface area contributed by atoms with Crippen molar-refractivity contribution < 1.29 is 80.3 Å². The van der Waals surface area contributed by atoms with Gasteiger partial charge in [-0.15, -0.1) is 0 Å². The predicted octanol–water partition coefficient (Wildman–Crippen LogP) is -7.12. The summed E-state index contributed by atoms with van der Waals surface area (Å²) in [4.78, 5) is 0. The molecule has 6 heteroatoms. The van der Waals surface area contributed by atoms with Gasteiger partial charge in [-0.05, 0) is 0 Å². The van der Waals surface area contributed by atoms with Gasteiger partial charge in [-0.2, -0.15) is 14.0 Å². The predicted molar refractivity (Wildman–Crippen MR) is 2.22 cm³/mol. The monoisotopic (exact) mass is 139 g/mol. The first-order valence-corrected chi connectivity index (χ1v) is 1.90. The van der Waals surface area contributed by atoms with Gasteiger partial charge in [0.15, 0.2) is 0 Å². The zero-order valence-electron chi connectivity index (χ0n) is 3.05. The van der Waals surface area contributed by atoms with Crippen molar-refractivity contribution in [3.63, 3.8) is 0 Å². The number of hydrogen-bond donors (Lipinski definition) is 1. The first-order chi connectivity index (χ1) is 2.00. The van der Waals surface area contributed by atoms with E-state index in [9.17, 15) is 0 Å². The Morgan fingerprint density at radius 3 is 1.17 bits per heavy atom. The summed E-state index contributed by atoms with van der Waals surface area (Å²) in [5.74, 6) is 0. The SMILES string of the molecule is [K+].[O-][Cl+3]([O-])([O-])O. The van der Waals surface area contributed by atoms with Crippen molar-refractivity contribution in [3.8, 4) is 0 Å². The summed E-state index contributed by atoms with van der Waals surface area (Å²) >= 11 is 0. The average Bonchev–Trinajstić information content (AvgIpc) is 0.722. The van der Waals surface area contributed by atoms with Crippen LogP contribution in [0.5, 0.6) is 0 Å². The summed E-state index contributed by atoms with van der Waals surface area (Å²) in [7, 11) is -4.69. The van der Waals surface area contributed by atoms with E-state index in [-0.39, 0.29) is 51.4 Å². The van der Waals surface area contributed by atoms with Gasteiger partial charge in [0.05, 0.1) is 14.9 Å². The molecular formula is HClKO4+. The zero-order valence-corrected chi connectivity index (χ0v) is 6.93. The minimum atomic E-state index is -4.69. The van der Waals surface area contributed by atoms with E-state index in [2.05, 4.69) is 0 Å². The molecule has 0 bridgehead atoms. The minimum absolute atomic E-state index is 0. The van der Waals surface area contributed by atoms with E-state index in [0.29, 0.717) is 0 Å². The quantitative estimate of drug-likeness (QED) is 0.338. The Balaban J connectivity index is 0. The maximum atomic E-state index is 8.60. The van der Waals surface area contributed by atoms with Crippen LogP contribution in [0.1, 0.15) is 0 Å². The third-order valence-electron chi connectivity index (χ3n) is 0. The Kier molecular flexibility index (Phi) is 6.65. The summed E-state index contributed by atoms with van der Waals surface area (Å²) in [5.41, 5.74) is 0. The van der Waals surface area contributed by atoms with E-state index in [1.807, 2.05) is 0 Å². The van der Waals surface area contributed by atoms with Crippen LogP contribution in [0.25, 0.3) is 0 Å².